The molecule has 0 amide bonds. The van der Waals surface area contributed by atoms with Gasteiger partial charge in [-0.1, -0.05) is 57.9 Å². The van der Waals surface area contributed by atoms with Gasteiger partial charge in [0.05, 0.1) is 0 Å². The predicted molar refractivity (Wildman–Crippen MR) is 70.0 cm³/mol. The average molecular weight is 220 g/mol. The van der Waals surface area contributed by atoms with Crippen LogP contribution in [0, 0.1) is 5.92 Å². The first-order valence-electron chi connectivity index (χ1n) is 6.31. The van der Waals surface area contributed by atoms with Crippen LogP contribution in [-0.2, 0) is 6.42 Å². The second-order valence-electron chi connectivity index (χ2n) is 4.32. The SMILES string of the molecule is CCc1ccc(C(NN)C(CC)CC)cc1. The van der Waals surface area contributed by atoms with Crippen LogP contribution in [0.5, 0.6) is 0 Å². The first kappa shape index (κ1) is 13.2. The third kappa shape index (κ3) is 3.06. The molecule has 1 unspecified atom stereocenters. The molecule has 1 atom stereocenters. The molecule has 0 aliphatic rings. The lowest BCUT2D eigenvalue weighted by Gasteiger charge is -2.25. The van der Waals surface area contributed by atoms with Gasteiger partial charge in [0.25, 0.3) is 0 Å². The first-order chi connectivity index (χ1) is 7.76. The standard InChI is InChI=1S/C14H24N2/c1-4-11-7-9-13(10-8-11)14(16-15)12(5-2)6-3/h7-10,12,14,16H,4-6,15H2,1-3H3. The van der Waals surface area contributed by atoms with Gasteiger partial charge >= 0.3 is 0 Å². The lowest BCUT2D eigenvalue weighted by atomic mass is 9.89. The Morgan fingerprint density at radius 1 is 1.06 bits per heavy atom. The average Bonchev–Trinajstić information content (AvgIpc) is 2.36. The summed E-state index contributed by atoms with van der Waals surface area (Å²) in [5, 5.41) is 0. The molecule has 90 valence electrons. The highest BCUT2D eigenvalue weighted by atomic mass is 15.2. The third-order valence-electron chi connectivity index (χ3n) is 3.45. The molecule has 2 nitrogen and oxygen atoms in total. The van der Waals surface area contributed by atoms with Crippen LogP contribution < -0.4 is 11.3 Å². The number of nitrogens with two attached hydrogens (primary N) is 1. The van der Waals surface area contributed by atoms with Crippen molar-refractivity contribution in [1.29, 1.82) is 0 Å². The Labute approximate surface area is 99.2 Å². The summed E-state index contributed by atoms with van der Waals surface area (Å²) in [4.78, 5) is 0. The van der Waals surface area contributed by atoms with Crippen molar-refractivity contribution in [3.05, 3.63) is 35.4 Å². The fourth-order valence-electron chi connectivity index (χ4n) is 2.23. The molecule has 16 heavy (non-hydrogen) atoms. The molecule has 0 aliphatic heterocycles. The maximum Gasteiger partial charge on any atom is 0.0487 e. The van der Waals surface area contributed by atoms with Gasteiger partial charge in [-0.3, -0.25) is 11.3 Å². The summed E-state index contributed by atoms with van der Waals surface area (Å²) in [6.07, 6.45) is 3.40. The summed E-state index contributed by atoms with van der Waals surface area (Å²) in [5.41, 5.74) is 5.64. The number of hydrogen-bond acceptors (Lipinski definition) is 2. The van der Waals surface area contributed by atoms with E-state index in [1.54, 1.807) is 0 Å². The Bertz CT molecular complexity index is 288. The van der Waals surface area contributed by atoms with Crippen LogP contribution in [0.4, 0.5) is 0 Å². The molecule has 1 aromatic rings. The van der Waals surface area contributed by atoms with Crippen molar-refractivity contribution < 1.29 is 0 Å². The van der Waals surface area contributed by atoms with E-state index in [9.17, 15) is 0 Å². The minimum atomic E-state index is 0.279. The minimum absolute atomic E-state index is 0.279. The lowest BCUT2D eigenvalue weighted by molar-refractivity contribution is 0.345. The van der Waals surface area contributed by atoms with E-state index in [0.29, 0.717) is 5.92 Å². The molecule has 3 N–H and O–H groups in total. The number of benzene rings is 1. The van der Waals surface area contributed by atoms with E-state index in [0.717, 1.165) is 19.3 Å². The predicted octanol–water partition coefficient (Wildman–Crippen LogP) is 3.19. The summed E-state index contributed by atoms with van der Waals surface area (Å²) < 4.78 is 0. The molecular formula is C14H24N2. The van der Waals surface area contributed by atoms with Crippen molar-refractivity contribution in [2.24, 2.45) is 11.8 Å². The monoisotopic (exact) mass is 220 g/mol. The van der Waals surface area contributed by atoms with Crippen molar-refractivity contribution in [3.63, 3.8) is 0 Å². The Morgan fingerprint density at radius 2 is 1.62 bits per heavy atom. The largest absolute Gasteiger partial charge is 0.271 e. The topological polar surface area (TPSA) is 38.0 Å². The highest BCUT2D eigenvalue weighted by molar-refractivity contribution is 5.25. The van der Waals surface area contributed by atoms with Gasteiger partial charge in [0.2, 0.25) is 0 Å². The second kappa shape index (κ2) is 6.66. The van der Waals surface area contributed by atoms with E-state index in [1.807, 2.05) is 0 Å². The van der Waals surface area contributed by atoms with Crippen LogP contribution in [0.2, 0.25) is 0 Å². The zero-order chi connectivity index (χ0) is 12.0. The number of aryl methyl sites for hydroxylation is 1. The Hall–Kier alpha value is -0.860. The number of hydrazine groups is 1. The molecule has 1 aromatic carbocycles. The third-order valence-corrected chi connectivity index (χ3v) is 3.45. The van der Waals surface area contributed by atoms with Crippen molar-refractivity contribution in [2.45, 2.75) is 46.1 Å². The molecule has 0 bridgehead atoms. The molecule has 0 saturated heterocycles. The summed E-state index contributed by atoms with van der Waals surface area (Å²) in [6.45, 7) is 6.62. The maximum atomic E-state index is 5.68. The smallest absolute Gasteiger partial charge is 0.0487 e. The zero-order valence-corrected chi connectivity index (χ0v) is 10.7. The van der Waals surface area contributed by atoms with Gasteiger partial charge in [0.1, 0.15) is 0 Å². The fraction of sp³-hybridized carbons (Fsp3) is 0.571. The van der Waals surface area contributed by atoms with Crippen molar-refractivity contribution in [1.82, 2.24) is 5.43 Å². The second-order valence-corrected chi connectivity index (χ2v) is 4.32. The summed E-state index contributed by atoms with van der Waals surface area (Å²) >= 11 is 0. The number of hydrogen-bond donors (Lipinski definition) is 2. The van der Waals surface area contributed by atoms with Crippen molar-refractivity contribution >= 4 is 0 Å². The van der Waals surface area contributed by atoms with E-state index in [-0.39, 0.29) is 6.04 Å². The Kier molecular flexibility index (Phi) is 5.50. The molecule has 2 heteroatoms. The van der Waals surface area contributed by atoms with E-state index in [2.05, 4.69) is 50.5 Å². The molecule has 0 spiro atoms. The highest BCUT2D eigenvalue weighted by Gasteiger charge is 2.18. The summed E-state index contributed by atoms with van der Waals surface area (Å²) in [5.74, 6) is 6.29. The normalized spacial score (nSPS) is 13.1. The molecule has 0 saturated carbocycles. The van der Waals surface area contributed by atoms with Crippen molar-refractivity contribution in [3.8, 4) is 0 Å². The van der Waals surface area contributed by atoms with Crippen LogP contribution in [-0.4, -0.2) is 0 Å². The van der Waals surface area contributed by atoms with E-state index in [1.165, 1.54) is 11.1 Å². The van der Waals surface area contributed by atoms with Gasteiger partial charge in [0.15, 0.2) is 0 Å². The molecule has 0 radical (unpaired) electrons. The summed E-state index contributed by atoms with van der Waals surface area (Å²) in [6, 6.07) is 9.06. The number of rotatable bonds is 6. The van der Waals surface area contributed by atoms with Gasteiger partial charge in [0, 0.05) is 6.04 Å². The van der Waals surface area contributed by atoms with Gasteiger partial charge in [-0.25, -0.2) is 0 Å². The van der Waals surface area contributed by atoms with Crippen LogP contribution in [0.25, 0.3) is 0 Å². The van der Waals surface area contributed by atoms with Gasteiger partial charge in [-0.05, 0) is 23.5 Å². The van der Waals surface area contributed by atoms with E-state index in [4.69, 9.17) is 5.84 Å². The molecule has 0 aromatic heterocycles. The molecular weight excluding hydrogens is 196 g/mol. The first-order valence-corrected chi connectivity index (χ1v) is 6.31. The molecule has 0 fully saturated rings. The van der Waals surface area contributed by atoms with Crippen molar-refractivity contribution in [2.75, 3.05) is 0 Å². The van der Waals surface area contributed by atoms with Gasteiger partial charge in [-0.15, -0.1) is 0 Å². The van der Waals surface area contributed by atoms with Crippen LogP contribution in [0.1, 0.15) is 50.8 Å². The fourth-order valence-corrected chi connectivity index (χ4v) is 2.23. The molecule has 1 rings (SSSR count). The lowest BCUT2D eigenvalue weighted by Crippen LogP contribution is -2.33. The van der Waals surface area contributed by atoms with Gasteiger partial charge in [-0.2, -0.15) is 0 Å². The van der Waals surface area contributed by atoms with Crippen LogP contribution >= 0.6 is 0 Å². The molecule has 0 heterocycles. The minimum Gasteiger partial charge on any atom is -0.271 e. The van der Waals surface area contributed by atoms with E-state index < -0.39 is 0 Å². The Balaban J connectivity index is 2.85. The zero-order valence-electron chi connectivity index (χ0n) is 10.7. The highest BCUT2D eigenvalue weighted by Crippen LogP contribution is 2.26. The summed E-state index contributed by atoms with van der Waals surface area (Å²) in [7, 11) is 0. The maximum absolute atomic E-state index is 5.68. The van der Waals surface area contributed by atoms with E-state index >= 15 is 0 Å². The Morgan fingerprint density at radius 3 is 2.00 bits per heavy atom. The van der Waals surface area contributed by atoms with Gasteiger partial charge < -0.3 is 0 Å². The number of nitrogens with one attached hydrogen (secondary N) is 1. The quantitative estimate of drug-likeness (QED) is 0.571. The van der Waals surface area contributed by atoms with Crippen LogP contribution in [0.3, 0.4) is 0 Å². The molecule has 0 aliphatic carbocycles. The van der Waals surface area contributed by atoms with Crippen LogP contribution in [0.15, 0.2) is 24.3 Å².